The van der Waals surface area contributed by atoms with Crippen molar-refractivity contribution in [1.82, 2.24) is 34.8 Å². The quantitative estimate of drug-likeness (QED) is 0.119. The lowest BCUT2D eigenvalue weighted by Gasteiger charge is -2.33. The molecule has 2 aliphatic rings. The smallest absolute Gasteiger partial charge is 0.411 e. The molecule has 0 radical (unpaired) electrons. The molecule has 1 fully saturated rings. The lowest BCUT2D eigenvalue weighted by Crippen LogP contribution is -2.50. The van der Waals surface area contributed by atoms with Gasteiger partial charge in [0, 0.05) is 18.2 Å². The summed E-state index contributed by atoms with van der Waals surface area (Å²) in [5.74, 6) is -2.59. The van der Waals surface area contributed by atoms with Crippen molar-refractivity contribution in [3.05, 3.63) is 89.3 Å². The van der Waals surface area contributed by atoms with Gasteiger partial charge in [0.1, 0.15) is 18.5 Å². The Hall–Kier alpha value is -5.71. The van der Waals surface area contributed by atoms with E-state index in [1.807, 2.05) is 11.4 Å². The Morgan fingerprint density at radius 1 is 1.21 bits per heavy atom. The maximum Gasteiger partial charge on any atom is 0.411 e. The number of nitrogens with two attached hydrogens (primary N) is 1. The third-order valence-corrected chi connectivity index (χ3v) is 9.64. The zero-order chi connectivity index (χ0) is 41.2. The number of amides is 2. The van der Waals surface area contributed by atoms with Crippen LogP contribution in [0.25, 0.3) is 11.3 Å². The predicted octanol–water partition coefficient (Wildman–Crippen LogP) is 7.36. The first-order valence-corrected chi connectivity index (χ1v) is 17.2. The van der Waals surface area contributed by atoms with Gasteiger partial charge in [-0.3, -0.25) is 9.69 Å². The van der Waals surface area contributed by atoms with Crippen LogP contribution in [-0.2, 0) is 9.53 Å². The highest BCUT2D eigenvalue weighted by atomic mass is 35.5. The van der Waals surface area contributed by atoms with Gasteiger partial charge in [-0.15, -0.1) is 0 Å². The highest BCUT2D eigenvalue weighted by molar-refractivity contribution is 6.32. The minimum absolute atomic E-state index is 0.0348. The summed E-state index contributed by atoms with van der Waals surface area (Å²) in [6.07, 6.45) is -2.60. The van der Waals surface area contributed by atoms with Crippen LogP contribution in [0, 0.1) is 17.2 Å². The van der Waals surface area contributed by atoms with E-state index in [9.17, 15) is 45.6 Å². The fourth-order valence-electron chi connectivity index (χ4n) is 6.18. The average Bonchev–Trinajstić information content (AvgIpc) is 3.43. The Morgan fingerprint density at radius 3 is 2.52 bits per heavy atom. The van der Waals surface area contributed by atoms with Crippen molar-refractivity contribution >= 4 is 35.1 Å². The van der Waals surface area contributed by atoms with E-state index in [0.717, 1.165) is 22.1 Å². The van der Waals surface area contributed by atoms with Crippen LogP contribution in [0.15, 0.2) is 72.3 Å². The number of halogens is 8. The normalized spacial score (nSPS) is 19.3. The first-order valence-electron chi connectivity index (χ1n) is 16.8. The summed E-state index contributed by atoms with van der Waals surface area (Å²) >= 11 is 6.39. The summed E-state index contributed by atoms with van der Waals surface area (Å²) in [4.78, 5) is 36.7. The molecule has 1 aliphatic heterocycles. The number of nitrogens with zero attached hydrogens (tertiary/aromatic N) is 8. The number of guanidine groups is 1. The number of nitrogens with one attached hydrogen (secondary N) is 1. The third-order valence-electron chi connectivity index (χ3n) is 9.32. The first-order chi connectivity index (χ1) is 26.4. The number of aliphatic imine (C=N–C) groups is 1. The van der Waals surface area contributed by atoms with Crippen LogP contribution >= 0.6 is 11.6 Å². The number of ether oxygens (including phenoxy) is 1. The van der Waals surface area contributed by atoms with Crippen molar-refractivity contribution in [2.45, 2.75) is 75.8 Å². The van der Waals surface area contributed by atoms with Crippen LogP contribution < -0.4 is 11.1 Å². The number of rotatable bonds is 15. The highest BCUT2D eigenvalue weighted by Crippen LogP contribution is 2.49. The number of alkyl carbamates (subject to hydrolysis) is 1. The summed E-state index contributed by atoms with van der Waals surface area (Å²) in [7, 11) is 0. The molecule has 1 aliphatic carbocycles. The summed E-state index contributed by atoms with van der Waals surface area (Å²) < 4.78 is 102. The molecular formula is C35H34ClF7N10O3. The number of carbonyl (C=O) groups is 2. The minimum atomic E-state index is -4.78. The van der Waals surface area contributed by atoms with Crippen molar-refractivity contribution in [3.63, 3.8) is 0 Å². The number of hydrogen-bond donors (Lipinski definition) is 2. The van der Waals surface area contributed by atoms with Gasteiger partial charge in [0.05, 0.1) is 29.0 Å². The molecule has 3 heterocycles. The van der Waals surface area contributed by atoms with E-state index in [4.69, 9.17) is 22.1 Å². The van der Waals surface area contributed by atoms with Crippen LogP contribution in [0.1, 0.15) is 75.5 Å². The highest BCUT2D eigenvalue weighted by Gasteiger charge is 2.64. The van der Waals surface area contributed by atoms with E-state index in [0.29, 0.717) is 15.8 Å². The molecule has 13 nitrogen and oxygen atoms in total. The van der Waals surface area contributed by atoms with E-state index in [2.05, 4.69) is 26.8 Å². The fourth-order valence-corrected chi connectivity index (χ4v) is 6.38. The second kappa shape index (κ2) is 16.2. The van der Waals surface area contributed by atoms with Crippen LogP contribution in [0.3, 0.4) is 0 Å². The van der Waals surface area contributed by atoms with Gasteiger partial charge < -0.3 is 15.8 Å². The third kappa shape index (κ3) is 8.27. The number of allylic oxidation sites excluding steroid dienone is 3. The molecule has 3 aromatic rings. The van der Waals surface area contributed by atoms with Crippen LogP contribution in [0.5, 0.6) is 0 Å². The summed E-state index contributed by atoms with van der Waals surface area (Å²) in [5, 5.41) is 18.7. The topological polar surface area (TPSA) is 169 Å². The van der Waals surface area contributed by atoms with Gasteiger partial charge in [-0.1, -0.05) is 49.4 Å². The Kier molecular flexibility index (Phi) is 12.0. The molecule has 2 amide bonds. The summed E-state index contributed by atoms with van der Waals surface area (Å²) in [5.41, 5.74) is 2.71. The molecule has 21 heteroatoms. The molecule has 0 unspecified atom stereocenters. The van der Waals surface area contributed by atoms with Gasteiger partial charge in [0.2, 0.25) is 0 Å². The minimum Gasteiger partial charge on any atom is -0.447 e. The molecule has 5 rings (SSSR count). The van der Waals surface area contributed by atoms with E-state index in [1.54, 1.807) is 19.9 Å². The SMILES string of the molecule is C=C(/C=C\C(=C/C)c1cnn(C(F)F)c1)[C@@]1(C[C@@H](C)CC#N)N=C(N)N([C@H](COC(=O)NC2(C(F)(F)F)CC2)c2ccc(Cl)c(-n3ncnc3C(F)F)c2)C1=O. The lowest BCUT2D eigenvalue weighted by molar-refractivity contribution is -0.164. The lowest BCUT2D eigenvalue weighted by atomic mass is 9.80. The van der Waals surface area contributed by atoms with Gasteiger partial charge in [-0.05, 0) is 60.9 Å². The van der Waals surface area contributed by atoms with Gasteiger partial charge in [0.15, 0.2) is 17.3 Å². The second-order valence-corrected chi connectivity index (χ2v) is 13.5. The van der Waals surface area contributed by atoms with Gasteiger partial charge in [-0.25, -0.2) is 32.9 Å². The van der Waals surface area contributed by atoms with E-state index in [-0.39, 0.29) is 47.5 Å². The van der Waals surface area contributed by atoms with E-state index >= 15 is 0 Å². The molecule has 1 aromatic carbocycles. The zero-order valence-electron chi connectivity index (χ0n) is 29.7. The number of benzene rings is 1. The number of alkyl halides is 7. The second-order valence-electron chi connectivity index (χ2n) is 13.1. The largest absolute Gasteiger partial charge is 0.447 e. The van der Waals surface area contributed by atoms with Gasteiger partial charge in [0.25, 0.3) is 12.3 Å². The molecular weight excluding hydrogens is 777 g/mol. The molecule has 3 N–H and O–H groups in total. The maximum absolute atomic E-state index is 14.8. The van der Waals surface area contributed by atoms with Crippen molar-refractivity contribution in [2.24, 2.45) is 16.6 Å². The van der Waals surface area contributed by atoms with Gasteiger partial charge >= 0.3 is 18.8 Å². The van der Waals surface area contributed by atoms with Crippen LogP contribution in [0.4, 0.5) is 35.5 Å². The maximum atomic E-state index is 14.8. The molecule has 1 saturated carbocycles. The van der Waals surface area contributed by atoms with Crippen LogP contribution in [-0.4, -0.2) is 71.3 Å². The molecule has 0 bridgehead atoms. The molecule has 3 atom stereocenters. The number of carbonyl (C=O) groups excluding carboxylic acids is 2. The Balaban J connectivity index is 1.56. The van der Waals surface area contributed by atoms with Crippen molar-refractivity contribution in [2.75, 3.05) is 6.61 Å². The standard InChI is InChI=1S/C35H34ClF7N10O3/c1-4-21(23-15-47-51(16-23)30(39)40)6-5-20(3)34(14-19(2)9-12-44)29(54)52(31(45)49-34)26(17-56-32(55)50-33(10-11-33)35(41,42)43)22-7-8-24(36)25(13-22)53-28(27(37)38)46-18-48-53/h4-8,13,15-16,18-19,26-27,30H,3,9-11,14,17H2,1-2H3,(H2,45,49)(H,50,55)/b6-5-,21-4+/t19-,26+,34+/m0/s1. The van der Waals surface area contributed by atoms with Crippen molar-refractivity contribution in [1.29, 1.82) is 5.26 Å². The van der Waals surface area contributed by atoms with Crippen molar-refractivity contribution < 1.29 is 45.1 Å². The number of aromatic nitrogens is 5. The summed E-state index contributed by atoms with van der Waals surface area (Å²) in [6.45, 7) is 3.66. The molecule has 298 valence electrons. The van der Waals surface area contributed by atoms with Crippen LogP contribution in [0.2, 0.25) is 5.02 Å². The number of hydrogen-bond acceptors (Lipinski definition) is 9. The average molecular weight is 811 g/mol. The fraction of sp³-hybridized carbons (Fsp3) is 0.400. The molecule has 0 spiro atoms. The zero-order valence-corrected chi connectivity index (χ0v) is 30.4. The van der Waals surface area contributed by atoms with Crippen molar-refractivity contribution in [3.8, 4) is 11.8 Å². The van der Waals surface area contributed by atoms with E-state index in [1.165, 1.54) is 36.5 Å². The van der Waals surface area contributed by atoms with E-state index < -0.39 is 72.6 Å². The Labute approximate surface area is 319 Å². The number of nitriles is 1. The summed E-state index contributed by atoms with van der Waals surface area (Å²) in [6, 6.07) is 4.41. The Bertz CT molecular complexity index is 2120. The molecule has 0 saturated heterocycles. The van der Waals surface area contributed by atoms with Gasteiger partial charge in [-0.2, -0.15) is 37.4 Å². The molecule has 56 heavy (non-hydrogen) atoms. The Morgan fingerprint density at radius 2 is 1.93 bits per heavy atom. The predicted molar refractivity (Wildman–Crippen MR) is 187 cm³/mol. The molecule has 2 aromatic heterocycles. The monoisotopic (exact) mass is 810 g/mol. The first kappa shape index (κ1) is 41.5.